The molecule has 15 heavy (non-hydrogen) atoms. The molecule has 0 aromatic rings. The molecule has 1 N–H and O–H groups in total. The molecule has 4 nitrogen and oxygen atoms in total. The molecule has 0 bridgehead atoms. The zero-order chi connectivity index (χ0) is 10.7. The summed E-state index contributed by atoms with van der Waals surface area (Å²) in [5, 5.41) is 3.34. The van der Waals surface area contributed by atoms with Crippen molar-refractivity contribution in [1.29, 1.82) is 0 Å². The number of carbonyl (C=O) groups excluding carboxylic acids is 1. The second-order valence-corrected chi connectivity index (χ2v) is 4.39. The third-order valence-electron chi connectivity index (χ3n) is 3.33. The highest BCUT2D eigenvalue weighted by Gasteiger charge is 2.32. The van der Waals surface area contributed by atoms with Gasteiger partial charge in [-0.15, -0.1) is 0 Å². The fourth-order valence-corrected chi connectivity index (χ4v) is 2.24. The first-order chi connectivity index (χ1) is 7.29. The molecule has 0 spiro atoms. The van der Waals surface area contributed by atoms with Crippen molar-refractivity contribution in [3.05, 3.63) is 0 Å². The number of Topliss-reactive ketones (excluding diaryl/α,β-unsaturated/α-hetero) is 1. The lowest BCUT2D eigenvalue weighted by Gasteiger charge is -2.29. The summed E-state index contributed by atoms with van der Waals surface area (Å²) in [6, 6.07) is 0.187. The van der Waals surface area contributed by atoms with E-state index in [2.05, 4.69) is 5.32 Å². The molecular weight excluding hydrogens is 194 g/mol. The number of nitrogens with one attached hydrogen (secondary N) is 1. The van der Waals surface area contributed by atoms with Gasteiger partial charge in [-0.25, -0.2) is 0 Å². The van der Waals surface area contributed by atoms with E-state index < -0.39 is 0 Å². The lowest BCUT2D eigenvalue weighted by Crippen LogP contribution is -2.48. The molecule has 2 aliphatic rings. The maximum atomic E-state index is 12.1. The molecule has 0 aromatic carbocycles. The highest BCUT2D eigenvalue weighted by Crippen LogP contribution is 2.20. The van der Waals surface area contributed by atoms with Gasteiger partial charge in [-0.1, -0.05) is 6.92 Å². The van der Waals surface area contributed by atoms with Crippen molar-refractivity contribution in [1.82, 2.24) is 5.32 Å². The highest BCUT2D eigenvalue weighted by atomic mass is 16.5. The molecule has 0 aliphatic carbocycles. The van der Waals surface area contributed by atoms with Gasteiger partial charge in [0, 0.05) is 31.0 Å². The summed E-state index contributed by atoms with van der Waals surface area (Å²) >= 11 is 0. The lowest BCUT2D eigenvalue weighted by molar-refractivity contribution is -0.128. The molecule has 2 rings (SSSR count). The highest BCUT2D eigenvalue weighted by molar-refractivity contribution is 5.84. The minimum Gasteiger partial charge on any atom is -0.381 e. The topological polar surface area (TPSA) is 47.6 Å². The van der Waals surface area contributed by atoms with Crippen molar-refractivity contribution in [2.45, 2.75) is 19.4 Å². The van der Waals surface area contributed by atoms with Gasteiger partial charge in [0.1, 0.15) is 5.78 Å². The second kappa shape index (κ2) is 5.05. The smallest absolute Gasteiger partial charge is 0.142 e. The SMILES string of the molecule is CC(C(=O)C1CCOC1)C1COCCN1. The first-order valence-electron chi connectivity index (χ1n) is 5.71. The summed E-state index contributed by atoms with van der Waals surface area (Å²) in [6.45, 7) is 5.59. The minimum atomic E-state index is 0.0389. The van der Waals surface area contributed by atoms with Gasteiger partial charge in [-0.05, 0) is 6.42 Å². The summed E-state index contributed by atoms with van der Waals surface area (Å²) < 4.78 is 10.6. The summed E-state index contributed by atoms with van der Waals surface area (Å²) in [7, 11) is 0. The monoisotopic (exact) mass is 213 g/mol. The van der Waals surface area contributed by atoms with Crippen LogP contribution in [0.3, 0.4) is 0 Å². The Kier molecular flexibility index (Phi) is 3.72. The molecule has 0 saturated carbocycles. The van der Waals surface area contributed by atoms with Gasteiger partial charge in [0.05, 0.1) is 19.8 Å². The Bertz CT molecular complexity index is 220. The molecule has 0 radical (unpaired) electrons. The van der Waals surface area contributed by atoms with Gasteiger partial charge >= 0.3 is 0 Å². The average Bonchev–Trinajstić information content (AvgIpc) is 2.82. The molecule has 4 heteroatoms. The number of hydrogen-bond acceptors (Lipinski definition) is 4. The molecule has 2 fully saturated rings. The Labute approximate surface area is 90.3 Å². The van der Waals surface area contributed by atoms with Crippen molar-refractivity contribution < 1.29 is 14.3 Å². The zero-order valence-corrected chi connectivity index (χ0v) is 9.20. The van der Waals surface area contributed by atoms with Crippen molar-refractivity contribution in [2.24, 2.45) is 11.8 Å². The number of rotatable bonds is 3. The average molecular weight is 213 g/mol. The van der Waals surface area contributed by atoms with E-state index in [0.717, 1.165) is 26.2 Å². The third kappa shape index (κ3) is 2.56. The van der Waals surface area contributed by atoms with E-state index >= 15 is 0 Å². The number of morpholine rings is 1. The van der Waals surface area contributed by atoms with Crippen molar-refractivity contribution in [3.63, 3.8) is 0 Å². The standard InChI is InChI=1S/C11H19NO3/c1-8(10-7-15-5-3-12-10)11(13)9-2-4-14-6-9/h8-10,12H,2-7H2,1H3. The van der Waals surface area contributed by atoms with Gasteiger partial charge in [-0.2, -0.15) is 0 Å². The first-order valence-corrected chi connectivity index (χ1v) is 5.71. The second-order valence-electron chi connectivity index (χ2n) is 4.39. The molecular formula is C11H19NO3. The van der Waals surface area contributed by atoms with E-state index in [-0.39, 0.29) is 17.9 Å². The maximum Gasteiger partial charge on any atom is 0.142 e. The Morgan fingerprint density at radius 1 is 1.33 bits per heavy atom. The summed E-state index contributed by atoms with van der Waals surface area (Å²) in [4.78, 5) is 12.1. The van der Waals surface area contributed by atoms with Gasteiger partial charge in [0.2, 0.25) is 0 Å². The largest absolute Gasteiger partial charge is 0.381 e. The molecule has 3 unspecified atom stereocenters. The lowest BCUT2D eigenvalue weighted by atomic mass is 9.88. The molecule has 2 saturated heterocycles. The fraction of sp³-hybridized carbons (Fsp3) is 0.909. The molecule has 3 atom stereocenters. The van der Waals surface area contributed by atoms with Crippen LogP contribution in [0.1, 0.15) is 13.3 Å². The van der Waals surface area contributed by atoms with Crippen molar-refractivity contribution >= 4 is 5.78 Å². The predicted molar refractivity (Wildman–Crippen MR) is 55.7 cm³/mol. The van der Waals surface area contributed by atoms with E-state index in [0.29, 0.717) is 19.0 Å². The van der Waals surface area contributed by atoms with Crippen LogP contribution in [-0.2, 0) is 14.3 Å². The van der Waals surface area contributed by atoms with Crippen LogP contribution in [-0.4, -0.2) is 44.8 Å². The summed E-state index contributed by atoms with van der Waals surface area (Å²) in [5.74, 6) is 0.483. The number of hydrogen-bond donors (Lipinski definition) is 1. The first kappa shape index (κ1) is 11.0. The Morgan fingerprint density at radius 3 is 2.73 bits per heavy atom. The Balaban J connectivity index is 1.87. The van der Waals surface area contributed by atoms with Gasteiger partial charge in [0.15, 0.2) is 0 Å². The van der Waals surface area contributed by atoms with Crippen molar-refractivity contribution in [3.8, 4) is 0 Å². The van der Waals surface area contributed by atoms with Crippen LogP contribution in [0.25, 0.3) is 0 Å². The van der Waals surface area contributed by atoms with E-state index in [1.807, 2.05) is 6.92 Å². The van der Waals surface area contributed by atoms with E-state index in [1.165, 1.54) is 0 Å². The Hall–Kier alpha value is -0.450. The maximum absolute atomic E-state index is 12.1. The normalized spacial score (nSPS) is 33.9. The molecule has 86 valence electrons. The minimum absolute atomic E-state index is 0.0389. The van der Waals surface area contributed by atoms with Crippen LogP contribution >= 0.6 is 0 Å². The number of ketones is 1. The van der Waals surface area contributed by atoms with Gasteiger partial charge in [-0.3, -0.25) is 4.79 Å². The van der Waals surface area contributed by atoms with Crippen LogP contribution < -0.4 is 5.32 Å². The number of carbonyl (C=O) groups is 1. The molecule has 2 aliphatic heterocycles. The number of ether oxygens (including phenoxy) is 2. The van der Waals surface area contributed by atoms with E-state index in [4.69, 9.17) is 9.47 Å². The summed E-state index contributed by atoms with van der Waals surface area (Å²) in [5.41, 5.74) is 0. The van der Waals surface area contributed by atoms with Crippen LogP contribution in [0.5, 0.6) is 0 Å². The van der Waals surface area contributed by atoms with Crippen LogP contribution in [0.15, 0.2) is 0 Å². The quantitative estimate of drug-likeness (QED) is 0.728. The van der Waals surface area contributed by atoms with E-state index in [9.17, 15) is 4.79 Å². The molecule has 2 heterocycles. The predicted octanol–water partition coefficient (Wildman–Crippen LogP) is 0.216. The van der Waals surface area contributed by atoms with E-state index in [1.54, 1.807) is 0 Å². The molecule has 0 amide bonds. The Morgan fingerprint density at radius 2 is 2.13 bits per heavy atom. The van der Waals surface area contributed by atoms with Crippen molar-refractivity contribution in [2.75, 3.05) is 33.0 Å². The zero-order valence-electron chi connectivity index (χ0n) is 9.20. The van der Waals surface area contributed by atoms with Crippen LogP contribution in [0.4, 0.5) is 0 Å². The van der Waals surface area contributed by atoms with Gasteiger partial charge < -0.3 is 14.8 Å². The van der Waals surface area contributed by atoms with Gasteiger partial charge in [0.25, 0.3) is 0 Å². The third-order valence-corrected chi connectivity index (χ3v) is 3.33. The van der Waals surface area contributed by atoms with Crippen LogP contribution in [0, 0.1) is 11.8 Å². The summed E-state index contributed by atoms with van der Waals surface area (Å²) in [6.07, 6.45) is 0.886. The fourth-order valence-electron chi connectivity index (χ4n) is 2.24. The van der Waals surface area contributed by atoms with Crippen LogP contribution in [0.2, 0.25) is 0 Å². The molecule has 0 aromatic heterocycles.